The van der Waals surface area contributed by atoms with Gasteiger partial charge in [0.15, 0.2) is 0 Å². The van der Waals surface area contributed by atoms with Crippen LogP contribution in [0.2, 0.25) is 10.0 Å². The molecule has 0 radical (unpaired) electrons. The third-order valence-corrected chi connectivity index (χ3v) is 5.85. The molecule has 0 aliphatic carbocycles. The molecule has 1 atom stereocenters. The highest BCUT2D eigenvalue weighted by atomic mass is 35.5. The number of hydrogen-bond acceptors (Lipinski definition) is 5. The number of nitrogens with zero attached hydrogens (tertiary/aromatic N) is 3. The van der Waals surface area contributed by atoms with E-state index in [4.69, 9.17) is 23.2 Å². The maximum atomic E-state index is 12.8. The highest BCUT2D eigenvalue weighted by Crippen LogP contribution is 2.26. The summed E-state index contributed by atoms with van der Waals surface area (Å²) in [6, 6.07) is 8.06. The van der Waals surface area contributed by atoms with Gasteiger partial charge in [0.25, 0.3) is 5.91 Å². The molecule has 33 heavy (non-hydrogen) atoms. The minimum atomic E-state index is -1.06. The molecule has 3 heterocycles. The topological polar surface area (TPSA) is 109 Å². The molecular weight excluding hydrogens is 465 g/mol. The lowest BCUT2D eigenvalue weighted by molar-refractivity contribution is -0.137. The molecule has 172 valence electrons. The highest BCUT2D eigenvalue weighted by Gasteiger charge is 2.21. The average Bonchev–Trinajstić information content (AvgIpc) is 3.25. The van der Waals surface area contributed by atoms with E-state index >= 15 is 0 Å². The first-order valence-corrected chi connectivity index (χ1v) is 11.4. The molecule has 0 saturated carbocycles. The van der Waals surface area contributed by atoms with E-state index in [-0.39, 0.29) is 6.42 Å². The van der Waals surface area contributed by atoms with Crippen LogP contribution in [0, 0.1) is 0 Å². The van der Waals surface area contributed by atoms with Gasteiger partial charge in [-0.25, -0.2) is 4.98 Å². The molecule has 1 aromatic carbocycles. The molecule has 1 amide bonds. The largest absolute Gasteiger partial charge is 0.481 e. The van der Waals surface area contributed by atoms with Crippen molar-refractivity contribution in [2.24, 2.45) is 0 Å². The van der Waals surface area contributed by atoms with Crippen molar-refractivity contribution in [3.8, 4) is 0 Å². The molecule has 1 aliphatic heterocycles. The summed E-state index contributed by atoms with van der Waals surface area (Å²) in [6.45, 7) is 1.49. The number of carboxylic acid groups (broad SMARTS) is 1. The lowest BCUT2D eigenvalue weighted by atomic mass is 10.0. The molecule has 0 bridgehead atoms. The number of halogens is 2. The van der Waals surface area contributed by atoms with Gasteiger partial charge in [0.2, 0.25) is 0 Å². The minimum absolute atomic E-state index is 0.311. The summed E-state index contributed by atoms with van der Waals surface area (Å²) in [7, 11) is 0. The van der Waals surface area contributed by atoms with Crippen molar-refractivity contribution in [1.82, 2.24) is 20.1 Å². The molecule has 2 aromatic heterocycles. The fourth-order valence-corrected chi connectivity index (χ4v) is 4.33. The summed E-state index contributed by atoms with van der Waals surface area (Å²) in [5, 5.41) is 20.3. The first-order valence-electron chi connectivity index (χ1n) is 10.6. The number of fused-ring (bicyclic) bond motifs is 1. The predicted octanol–water partition coefficient (Wildman–Crippen LogP) is 4.13. The van der Waals surface area contributed by atoms with Crippen LogP contribution in [-0.2, 0) is 24.2 Å². The normalized spacial score (nSPS) is 13.6. The van der Waals surface area contributed by atoms with Gasteiger partial charge in [0.1, 0.15) is 5.82 Å². The Morgan fingerprint density at radius 2 is 2.00 bits per heavy atom. The van der Waals surface area contributed by atoms with Gasteiger partial charge in [-0.15, -0.1) is 0 Å². The first kappa shape index (κ1) is 23.1. The second-order valence-corrected chi connectivity index (χ2v) is 8.78. The van der Waals surface area contributed by atoms with Gasteiger partial charge in [-0.2, -0.15) is 5.10 Å². The van der Waals surface area contributed by atoms with Gasteiger partial charge < -0.3 is 15.7 Å². The van der Waals surface area contributed by atoms with Crippen LogP contribution in [0.15, 0.2) is 42.7 Å². The van der Waals surface area contributed by atoms with E-state index in [0.717, 1.165) is 30.9 Å². The van der Waals surface area contributed by atoms with Crippen LogP contribution in [0.5, 0.6) is 0 Å². The number of benzene rings is 1. The summed E-state index contributed by atoms with van der Waals surface area (Å²) in [5.74, 6) is -0.538. The van der Waals surface area contributed by atoms with Gasteiger partial charge in [0.05, 0.1) is 24.2 Å². The predicted molar refractivity (Wildman–Crippen MR) is 126 cm³/mol. The molecular formula is C23H23Cl2N5O3. The third kappa shape index (κ3) is 6.03. The lowest BCUT2D eigenvalue weighted by Crippen LogP contribution is -2.30. The van der Waals surface area contributed by atoms with Crippen LogP contribution in [-0.4, -0.2) is 38.3 Å². The zero-order valence-electron chi connectivity index (χ0n) is 17.7. The number of nitrogens with one attached hydrogen (secondary N) is 2. The summed E-state index contributed by atoms with van der Waals surface area (Å²) in [5.41, 5.74) is 3.03. The van der Waals surface area contributed by atoms with Crippen molar-refractivity contribution in [2.45, 2.75) is 38.3 Å². The van der Waals surface area contributed by atoms with E-state index in [2.05, 4.69) is 26.8 Å². The van der Waals surface area contributed by atoms with Gasteiger partial charge in [-0.05, 0) is 48.2 Å². The van der Waals surface area contributed by atoms with Crippen LogP contribution < -0.4 is 10.6 Å². The van der Waals surface area contributed by atoms with E-state index < -0.39 is 17.9 Å². The van der Waals surface area contributed by atoms with Crippen LogP contribution in [0.25, 0.3) is 0 Å². The summed E-state index contributed by atoms with van der Waals surface area (Å²) >= 11 is 12.1. The number of aromatic nitrogens is 3. The van der Waals surface area contributed by atoms with E-state index in [1.165, 1.54) is 11.8 Å². The number of aliphatic carboxylic acids is 1. The Bertz CT molecular complexity index is 1160. The average molecular weight is 488 g/mol. The monoisotopic (exact) mass is 487 g/mol. The Morgan fingerprint density at radius 1 is 1.21 bits per heavy atom. The Kier molecular flexibility index (Phi) is 7.15. The Morgan fingerprint density at radius 3 is 2.76 bits per heavy atom. The summed E-state index contributed by atoms with van der Waals surface area (Å²) in [6.07, 6.45) is 5.60. The SMILES string of the molecule is O=C(O)C[C@H](NC(=O)c1cnn(CCc2ccc3c(n2)NCCC3)c1)c1cc(Cl)cc(Cl)c1. The van der Waals surface area contributed by atoms with Crippen molar-refractivity contribution in [3.05, 3.63) is 75.2 Å². The van der Waals surface area contributed by atoms with Gasteiger partial charge in [-0.3, -0.25) is 14.3 Å². The summed E-state index contributed by atoms with van der Waals surface area (Å²) in [4.78, 5) is 28.8. The van der Waals surface area contributed by atoms with Crippen molar-refractivity contribution in [3.63, 3.8) is 0 Å². The molecule has 0 saturated heterocycles. The van der Waals surface area contributed by atoms with Crippen LogP contribution in [0.3, 0.4) is 0 Å². The molecule has 3 aromatic rings. The van der Waals surface area contributed by atoms with Gasteiger partial charge in [-0.1, -0.05) is 29.3 Å². The number of hydrogen-bond donors (Lipinski definition) is 3. The highest BCUT2D eigenvalue weighted by molar-refractivity contribution is 6.34. The zero-order valence-corrected chi connectivity index (χ0v) is 19.2. The second-order valence-electron chi connectivity index (χ2n) is 7.91. The Hall–Kier alpha value is -3.10. The van der Waals surface area contributed by atoms with E-state index in [1.54, 1.807) is 29.1 Å². The molecule has 4 rings (SSSR count). The fourth-order valence-electron chi connectivity index (χ4n) is 3.79. The minimum Gasteiger partial charge on any atom is -0.481 e. The molecule has 0 spiro atoms. The van der Waals surface area contributed by atoms with Crippen molar-refractivity contribution in [2.75, 3.05) is 11.9 Å². The molecule has 8 nitrogen and oxygen atoms in total. The van der Waals surface area contributed by atoms with Crippen molar-refractivity contribution >= 4 is 40.9 Å². The second kappa shape index (κ2) is 10.2. The Balaban J connectivity index is 1.41. The Labute approximate surface area is 200 Å². The first-order chi connectivity index (χ1) is 15.9. The quantitative estimate of drug-likeness (QED) is 0.440. The molecule has 3 N–H and O–H groups in total. The summed E-state index contributed by atoms with van der Waals surface area (Å²) < 4.78 is 1.67. The number of anilines is 1. The number of pyridine rings is 1. The van der Waals surface area contributed by atoms with Crippen molar-refractivity contribution < 1.29 is 14.7 Å². The van der Waals surface area contributed by atoms with Crippen LogP contribution in [0.4, 0.5) is 5.82 Å². The van der Waals surface area contributed by atoms with Gasteiger partial charge in [0, 0.05) is 41.4 Å². The maximum Gasteiger partial charge on any atom is 0.305 e. The smallest absolute Gasteiger partial charge is 0.305 e. The molecule has 0 fully saturated rings. The number of amides is 1. The number of aryl methyl sites for hydroxylation is 3. The number of carboxylic acids is 1. The standard InChI is InChI=1S/C23H23Cl2N5O3/c24-17-8-15(9-18(25)10-17)20(11-21(31)32)29-23(33)16-12-27-30(13-16)7-5-19-4-3-14-2-1-6-26-22(14)28-19/h3-4,8-10,12-13,20H,1-2,5-7,11H2,(H,26,28)(H,29,33)(H,31,32)/t20-/m0/s1. The number of carbonyl (C=O) groups excluding carboxylic acids is 1. The molecule has 0 unspecified atom stereocenters. The van der Waals surface area contributed by atoms with E-state index in [9.17, 15) is 14.7 Å². The number of carbonyl (C=O) groups is 2. The fraction of sp³-hybridized carbons (Fsp3) is 0.304. The van der Waals surface area contributed by atoms with Crippen LogP contribution in [0.1, 0.15) is 46.1 Å². The van der Waals surface area contributed by atoms with Crippen molar-refractivity contribution in [1.29, 1.82) is 0 Å². The molecule has 10 heteroatoms. The van der Waals surface area contributed by atoms with Gasteiger partial charge >= 0.3 is 5.97 Å². The van der Waals surface area contributed by atoms with Crippen LogP contribution >= 0.6 is 23.2 Å². The molecule has 1 aliphatic rings. The zero-order chi connectivity index (χ0) is 23.4. The van der Waals surface area contributed by atoms with E-state index in [0.29, 0.717) is 34.1 Å². The number of rotatable bonds is 8. The van der Waals surface area contributed by atoms with E-state index in [1.807, 2.05) is 6.07 Å². The third-order valence-electron chi connectivity index (χ3n) is 5.42. The maximum absolute atomic E-state index is 12.8. The lowest BCUT2D eigenvalue weighted by Gasteiger charge is -2.18.